The first-order chi connectivity index (χ1) is 0. The summed E-state index contributed by atoms with van der Waals surface area (Å²) in [5.41, 5.74) is 0. The van der Waals surface area contributed by atoms with E-state index in [1.165, 1.54) is 0 Å². The fraction of sp³-hybridized carbons (Fsp3) is 0. The zero-order chi connectivity index (χ0) is 0. The molecule has 0 atom stereocenters. The van der Waals surface area contributed by atoms with Crippen LogP contribution >= 0.6 is 0 Å². The van der Waals surface area contributed by atoms with Gasteiger partial charge in [-0.05, 0) is 0 Å². The number of rotatable bonds is 0. The van der Waals surface area contributed by atoms with Gasteiger partial charge >= 0.3 is 0 Å². The molecule has 0 aromatic rings. The van der Waals surface area contributed by atoms with E-state index >= 15 is 0 Å². The monoisotopic (exact) mass is 258 g/mol. The first-order valence-electron chi connectivity index (χ1n) is 0. The predicted octanol–water partition coefficient (Wildman–Crippen LogP) is -0.0100. The summed E-state index contributed by atoms with van der Waals surface area (Å²) in [6, 6.07) is 0. The molecule has 0 nitrogen and oxygen atoms in total. The second kappa shape index (κ2) is 18.1. The summed E-state index contributed by atoms with van der Waals surface area (Å²) in [7, 11) is 0. The van der Waals surface area contributed by atoms with Crippen LogP contribution in [0.1, 0.15) is 0 Å². The normalized spacial score (nSPS) is 0. The van der Waals surface area contributed by atoms with E-state index in [-0.39, 0.29) is 76.5 Å². The Labute approximate surface area is 75.6 Å². The molecule has 0 saturated carbocycles. The van der Waals surface area contributed by atoms with Gasteiger partial charge in [0.15, 0.2) is 0 Å². The average Bonchev–Trinajstić information content (AvgIpc) is 0. The summed E-state index contributed by atoms with van der Waals surface area (Å²) in [6.07, 6.45) is 0. The van der Waals surface area contributed by atoms with E-state index in [0.717, 1.165) is 0 Å². The first kappa shape index (κ1) is 32.4. The van der Waals surface area contributed by atoms with Crippen molar-refractivity contribution >= 4 is 0 Å². The van der Waals surface area contributed by atoms with Crippen molar-refractivity contribution in [3.63, 3.8) is 0 Å². The van der Waals surface area contributed by atoms with Crippen molar-refractivity contribution in [2.45, 2.75) is 0 Å². The molecule has 0 aliphatic carbocycles. The van der Waals surface area contributed by atoms with E-state index in [1.54, 1.807) is 0 Å². The van der Waals surface area contributed by atoms with Gasteiger partial charge in [-0.1, -0.05) is 0 Å². The fourth-order valence-electron chi connectivity index (χ4n) is 0. The minimum Gasteiger partial charge on any atom is 0 e. The maximum absolute atomic E-state index is 0. The smallest absolute Gasteiger partial charge is 0 e. The molecule has 0 rings (SSSR count). The Kier molecular flexibility index (Phi) is 147. The van der Waals surface area contributed by atoms with Gasteiger partial charge in [-0.25, -0.2) is 0 Å². The molecule has 0 aliphatic rings. The first-order valence-corrected chi connectivity index (χ1v) is 0. The second-order valence-electron chi connectivity index (χ2n) is 0. The Balaban J connectivity index is 0. The van der Waals surface area contributed by atoms with Gasteiger partial charge in [0.05, 0.1) is 0 Å². The van der Waals surface area contributed by atoms with Crippen molar-refractivity contribution in [1.82, 2.24) is 0 Å². The minimum absolute atomic E-state index is 0. The molecule has 0 saturated heterocycles. The van der Waals surface area contributed by atoms with E-state index in [0.29, 0.717) is 0 Å². The van der Waals surface area contributed by atoms with Gasteiger partial charge in [-0.3, -0.25) is 0 Å². The summed E-state index contributed by atoms with van der Waals surface area (Å²) in [5.74, 6) is 0. The standard InChI is InChI=1S/Cr.2Ni.Zr. The van der Waals surface area contributed by atoms with Crippen LogP contribution in [0.2, 0.25) is 0 Å². The van der Waals surface area contributed by atoms with Gasteiger partial charge < -0.3 is 0 Å². The van der Waals surface area contributed by atoms with E-state index < -0.39 is 0 Å². The summed E-state index contributed by atoms with van der Waals surface area (Å²) in [6.45, 7) is 0. The van der Waals surface area contributed by atoms with Crippen molar-refractivity contribution < 1.29 is 76.5 Å². The van der Waals surface area contributed by atoms with Gasteiger partial charge in [0.1, 0.15) is 0 Å². The van der Waals surface area contributed by atoms with Crippen molar-refractivity contribution in [1.29, 1.82) is 0 Å². The summed E-state index contributed by atoms with van der Waals surface area (Å²) in [4.78, 5) is 0. The Morgan fingerprint density at radius 2 is 0.750 bits per heavy atom. The Hall–Kier alpha value is 2.40. The second-order valence-corrected chi connectivity index (χ2v) is 0. The van der Waals surface area contributed by atoms with Crippen LogP contribution in [-0.4, -0.2) is 0 Å². The van der Waals surface area contributed by atoms with Crippen molar-refractivity contribution in [2.24, 2.45) is 0 Å². The van der Waals surface area contributed by atoms with Gasteiger partial charge in [-0.15, -0.1) is 0 Å². The third-order valence-corrected chi connectivity index (χ3v) is 0. The Morgan fingerprint density at radius 1 is 0.750 bits per heavy atom. The van der Waals surface area contributed by atoms with Crippen LogP contribution in [-0.2, 0) is 76.5 Å². The maximum Gasteiger partial charge on any atom is 0 e. The van der Waals surface area contributed by atoms with Crippen LogP contribution in [0.3, 0.4) is 0 Å². The van der Waals surface area contributed by atoms with Crippen LogP contribution in [0, 0.1) is 0 Å². The van der Waals surface area contributed by atoms with Crippen LogP contribution in [0.25, 0.3) is 0 Å². The Morgan fingerprint density at radius 3 is 0.750 bits per heavy atom. The van der Waals surface area contributed by atoms with Gasteiger partial charge in [-0.2, -0.15) is 0 Å². The molecule has 30 valence electrons. The summed E-state index contributed by atoms with van der Waals surface area (Å²) in [5, 5.41) is 0. The van der Waals surface area contributed by atoms with E-state index in [2.05, 4.69) is 0 Å². The third kappa shape index (κ3) is 8.83. The molecule has 0 amide bonds. The fourth-order valence-corrected chi connectivity index (χ4v) is 0. The molecular formula is CrNi2Zr. The SMILES string of the molecule is [Cr].[Ni].[Ni].[Zr]. The zero-order valence-electron chi connectivity index (χ0n) is 1.54. The molecule has 0 spiro atoms. The average molecular weight is 261 g/mol. The largest absolute Gasteiger partial charge is 0 e. The van der Waals surface area contributed by atoms with Crippen LogP contribution < -0.4 is 0 Å². The molecule has 0 aliphatic heterocycles. The van der Waals surface area contributed by atoms with Crippen LogP contribution in [0.15, 0.2) is 0 Å². The summed E-state index contributed by atoms with van der Waals surface area (Å²) >= 11 is 0. The molecular weight excluding hydrogens is 261 g/mol. The molecule has 4 heteroatoms. The molecule has 0 heterocycles. The number of hydrogen-bond acceptors (Lipinski definition) is 0. The van der Waals surface area contributed by atoms with Crippen molar-refractivity contribution in [3.8, 4) is 0 Å². The van der Waals surface area contributed by atoms with Crippen LogP contribution in [0.5, 0.6) is 0 Å². The Bertz CT molecular complexity index is 6.00. The summed E-state index contributed by atoms with van der Waals surface area (Å²) < 4.78 is 0. The molecule has 4 heavy (non-hydrogen) atoms. The molecule has 0 bridgehead atoms. The molecule has 0 fully saturated rings. The van der Waals surface area contributed by atoms with Crippen LogP contribution in [0.4, 0.5) is 0 Å². The zero-order valence-corrected chi connectivity index (χ0v) is 7.25. The van der Waals surface area contributed by atoms with Crippen molar-refractivity contribution in [2.75, 3.05) is 0 Å². The topological polar surface area (TPSA) is 0 Å². The van der Waals surface area contributed by atoms with E-state index in [4.69, 9.17) is 0 Å². The maximum atomic E-state index is 0. The third-order valence-electron chi connectivity index (χ3n) is 0. The minimum atomic E-state index is 0. The molecule has 0 aromatic carbocycles. The van der Waals surface area contributed by atoms with Crippen molar-refractivity contribution in [3.05, 3.63) is 0 Å². The van der Waals surface area contributed by atoms with Gasteiger partial charge in [0, 0.05) is 76.5 Å². The molecule has 0 unspecified atom stereocenters. The van der Waals surface area contributed by atoms with Gasteiger partial charge in [0.2, 0.25) is 0 Å². The van der Waals surface area contributed by atoms with E-state index in [1.807, 2.05) is 0 Å². The predicted molar refractivity (Wildman–Crippen MR) is 0 cm³/mol. The molecule has 0 radical (unpaired) electrons. The molecule has 0 N–H and O–H groups in total. The molecule has 0 aromatic heterocycles. The quantitative estimate of drug-likeness (QED) is 0.538. The van der Waals surface area contributed by atoms with Gasteiger partial charge in [0.25, 0.3) is 0 Å². The van der Waals surface area contributed by atoms with E-state index in [9.17, 15) is 0 Å². The number of hydrogen-bond donors (Lipinski definition) is 0.